The number of hydrogen-bond donors (Lipinski definition) is 0. The van der Waals surface area contributed by atoms with E-state index in [1.54, 1.807) is 13.1 Å². The second-order valence-electron chi connectivity index (χ2n) is 4.99. The SMILES string of the molecule is COC(=O)/C(=C1\c2ccccc2C(=O)N1C)c1ccccc1. The monoisotopic (exact) mass is 293 g/mol. The Bertz CT molecular complexity index is 778. The van der Waals surface area contributed by atoms with E-state index < -0.39 is 5.97 Å². The summed E-state index contributed by atoms with van der Waals surface area (Å²) in [7, 11) is 3.01. The van der Waals surface area contributed by atoms with Gasteiger partial charge in [-0.2, -0.15) is 0 Å². The lowest BCUT2D eigenvalue weighted by atomic mass is 9.99. The van der Waals surface area contributed by atoms with Gasteiger partial charge in [-0.1, -0.05) is 48.5 Å². The maximum Gasteiger partial charge on any atom is 0.340 e. The minimum Gasteiger partial charge on any atom is -0.465 e. The number of amides is 1. The van der Waals surface area contributed by atoms with Crippen LogP contribution in [0.4, 0.5) is 0 Å². The van der Waals surface area contributed by atoms with Gasteiger partial charge in [0, 0.05) is 18.2 Å². The van der Waals surface area contributed by atoms with E-state index in [1.165, 1.54) is 12.0 Å². The van der Waals surface area contributed by atoms with Gasteiger partial charge in [0.05, 0.1) is 18.4 Å². The van der Waals surface area contributed by atoms with Crippen molar-refractivity contribution in [1.82, 2.24) is 4.90 Å². The number of carbonyl (C=O) groups excluding carboxylic acids is 2. The molecule has 0 unspecified atom stereocenters. The van der Waals surface area contributed by atoms with Crippen LogP contribution >= 0.6 is 0 Å². The Morgan fingerprint density at radius 1 is 0.955 bits per heavy atom. The van der Waals surface area contributed by atoms with E-state index >= 15 is 0 Å². The van der Waals surface area contributed by atoms with Crippen LogP contribution in [-0.4, -0.2) is 30.9 Å². The summed E-state index contributed by atoms with van der Waals surface area (Å²) in [4.78, 5) is 26.2. The Morgan fingerprint density at radius 3 is 2.18 bits per heavy atom. The predicted octanol–water partition coefficient (Wildman–Crippen LogP) is 2.81. The van der Waals surface area contributed by atoms with Gasteiger partial charge in [-0.05, 0) is 11.6 Å². The van der Waals surface area contributed by atoms with Crippen LogP contribution in [0.1, 0.15) is 21.5 Å². The van der Waals surface area contributed by atoms with Gasteiger partial charge >= 0.3 is 5.97 Å². The number of carbonyl (C=O) groups is 2. The molecule has 0 saturated heterocycles. The quantitative estimate of drug-likeness (QED) is 0.632. The molecule has 1 amide bonds. The number of rotatable bonds is 2. The Morgan fingerprint density at radius 2 is 1.55 bits per heavy atom. The highest BCUT2D eigenvalue weighted by molar-refractivity contribution is 6.28. The second kappa shape index (κ2) is 5.48. The fourth-order valence-electron chi connectivity index (χ4n) is 2.70. The number of hydrogen-bond acceptors (Lipinski definition) is 3. The molecule has 1 aliphatic heterocycles. The fraction of sp³-hybridized carbons (Fsp3) is 0.111. The standard InChI is InChI=1S/C18H15NO3/c1-19-16(13-10-6-7-11-14(13)17(19)20)15(18(21)22-2)12-8-4-3-5-9-12/h3-11H,1-2H3/b16-15+. The maximum atomic E-state index is 12.4. The predicted molar refractivity (Wildman–Crippen MR) is 83.8 cm³/mol. The first-order valence-corrected chi connectivity index (χ1v) is 6.90. The minimum absolute atomic E-state index is 0.122. The number of methoxy groups -OCH3 is 1. The Labute approximate surface area is 128 Å². The number of nitrogens with zero attached hydrogens (tertiary/aromatic N) is 1. The first-order chi connectivity index (χ1) is 10.6. The molecule has 4 heteroatoms. The van der Waals surface area contributed by atoms with E-state index in [0.29, 0.717) is 16.8 Å². The van der Waals surface area contributed by atoms with Gasteiger partial charge in [-0.3, -0.25) is 4.79 Å². The summed E-state index contributed by atoms with van der Waals surface area (Å²) in [5, 5.41) is 0. The lowest BCUT2D eigenvalue weighted by Gasteiger charge is -2.16. The molecule has 0 atom stereocenters. The first kappa shape index (κ1) is 14.1. The van der Waals surface area contributed by atoms with E-state index in [-0.39, 0.29) is 5.91 Å². The highest BCUT2D eigenvalue weighted by Gasteiger charge is 2.34. The molecular formula is C18H15NO3. The van der Waals surface area contributed by atoms with E-state index in [2.05, 4.69) is 0 Å². The molecule has 2 aromatic rings. The van der Waals surface area contributed by atoms with Crippen LogP contribution in [0.2, 0.25) is 0 Å². The summed E-state index contributed by atoms with van der Waals surface area (Å²) in [5.74, 6) is -0.583. The van der Waals surface area contributed by atoms with E-state index in [4.69, 9.17) is 4.74 Å². The van der Waals surface area contributed by atoms with Crippen molar-refractivity contribution < 1.29 is 14.3 Å². The zero-order valence-corrected chi connectivity index (χ0v) is 12.4. The molecule has 2 aromatic carbocycles. The second-order valence-corrected chi connectivity index (χ2v) is 4.99. The van der Waals surface area contributed by atoms with Crippen LogP contribution in [0.5, 0.6) is 0 Å². The van der Waals surface area contributed by atoms with Gasteiger partial charge in [0.15, 0.2) is 0 Å². The van der Waals surface area contributed by atoms with Crippen LogP contribution in [0.15, 0.2) is 54.6 Å². The van der Waals surface area contributed by atoms with Crippen molar-refractivity contribution in [2.24, 2.45) is 0 Å². The largest absolute Gasteiger partial charge is 0.465 e. The van der Waals surface area contributed by atoms with Crippen molar-refractivity contribution >= 4 is 23.1 Å². The Balaban J connectivity index is 2.32. The molecule has 0 bridgehead atoms. The summed E-state index contributed by atoms with van der Waals surface area (Å²) < 4.78 is 4.94. The lowest BCUT2D eigenvalue weighted by molar-refractivity contribution is -0.133. The molecule has 0 aliphatic carbocycles. The van der Waals surface area contributed by atoms with Gasteiger partial charge in [0.1, 0.15) is 0 Å². The molecule has 110 valence electrons. The zero-order chi connectivity index (χ0) is 15.7. The average Bonchev–Trinajstić information content (AvgIpc) is 2.81. The van der Waals surface area contributed by atoms with Crippen LogP contribution in [0.3, 0.4) is 0 Å². The smallest absolute Gasteiger partial charge is 0.340 e. The molecule has 0 radical (unpaired) electrons. The fourth-order valence-corrected chi connectivity index (χ4v) is 2.70. The van der Waals surface area contributed by atoms with Gasteiger partial charge in [-0.25, -0.2) is 4.79 Å². The van der Waals surface area contributed by atoms with E-state index in [9.17, 15) is 9.59 Å². The summed E-state index contributed by atoms with van der Waals surface area (Å²) in [6, 6.07) is 16.5. The maximum absolute atomic E-state index is 12.4. The van der Waals surface area contributed by atoms with Gasteiger partial charge in [0.25, 0.3) is 5.91 Å². The lowest BCUT2D eigenvalue weighted by Crippen LogP contribution is -2.20. The molecule has 0 spiro atoms. The van der Waals surface area contributed by atoms with Crippen LogP contribution in [0.25, 0.3) is 11.3 Å². The molecule has 4 nitrogen and oxygen atoms in total. The van der Waals surface area contributed by atoms with Crippen molar-refractivity contribution in [3.8, 4) is 0 Å². The molecule has 1 heterocycles. The van der Waals surface area contributed by atoms with E-state index in [1.807, 2.05) is 48.5 Å². The van der Waals surface area contributed by atoms with Crippen LogP contribution < -0.4 is 0 Å². The topological polar surface area (TPSA) is 46.6 Å². The van der Waals surface area contributed by atoms with Crippen molar-refractivity contribution in [2.75, 3.05) is 14.2 Å². The molecule has 22 heavy (non-hydrogen) atoms. The number of fused-ring (bicyclic) bond motifs is 1. The molecule has 1 aliphatic rings. The molecule has 0 aromatic heterocycles. The normalized spacial score (nSPS) is 15.5. The van der Waals surface area contributed by atoms with E-state index in [0.717, 1.165) is 11.1 Å². The minimum atomic E-state index is -0.461. The van der Waals surface area contributed by atoms with Gasteiger partial charge in [-0.15, -0.1) is 0 Å². The Kier molecular flexibility index (Phi) is 3.51. The molecule has 3 rings (SSSR count). The summed E-state index contributed by atoms with van der Waals surface area (Å²) in [5.41, 5.74) is 3.04. The summed E-state index contributed by atoms with van der Waals surface area (Å²) >= 11 is 0. The zero-order valence-electron chi connectivity index (χ0n) is 12.4. The average molecular weight is 293 g/mol. The van der Waals surface area contributed by atoms with Crippen LogP contribution in [-0.2, 0) is 9.53 Å². The number of benzene rings is 2. The molecule has 0 saturated carbocycles. The molecule has 0 N–H and O–H groups in total. The third-order valence-corrected chi connectivity index (χ3v) is 3.74. The van der Waals surface area contributed by atoms with Crippen molar-refractivity contribution in [2.45, 2.75) is 0 Å². The molecular weight excluding hydrogens is 278 g/mol. The van der Waals surface area contributed by atoms with Crippen molar-refractivity contribution in [3.05, 3.63) is 71.3 Å². The summed E-state index contributed by atoms with van der Waals surface area (Å²) in [6.45, 7) is 0. The summed E-state index contributed by atoms with van der Waals surface area (Å²) in [6.07, 6.45) is 0. The number of ether oxygens (including phenoxy) is 1. The molecule has 0 fully saturated rings. The van der Waals surface area contributed by atoms with Crippen LogP contribution in [0, 0.1) is 0 Å². The third kappa shape index (κ3) is 2.09. The van der Waals surface area contributed by atoms with Crippen molar-refractivity contribution in [1.29, 1.82) is 0 Å². The third-order valence-electron chi connectivity index (χ3n) is 3.74. The van der Waals surface area contributed by atoms with Gasteiger partial charge in [0.2, 0.25) is 0 Å². The number of esters is 1. The highest BCUT2D eigenvalue weighted by atomic mass is 16.5. The van der Waals surface area contributed by atoms with Crippen molar-refractivity contribution in [3.63, 3.8) is 0 Å². The van der Waals surface area contributed by atoms with Gasteiger partial charge < -0.3 is 9.64 Å². The highest BCUT2D eigenvalue weighted by Crippen LogP contribution is 2.37. The Hall–Kier alpha value is -2.88. The first-order valence-electron chi connectivity index (χ1n) is 6.90.